The van der Waals surface area contributed by atoms with Gasteiger partial charge in [-0.3, -0.25) is 9.10 Å². The summed E-state index contributed by atoms with van der Waals surface area (Å²) < 4.78 is 48.3. The van der Waals surface area contributed by atoms with E-state index in [-0.39, 0.29) is 41.3 Å². The fourth-order valence-electron chi connectivity index (χ4n) is 4.06. The number of halogens is 1. The van der Waals surface area contributed by atoms with Crippen LogP contribution in [0.2, 0.25) is 0 Å². The van der Waals surface area contributed by atoms with Gasteiger partial charge in [-0.15, -0.1) is 0 Å². The molecule has 0 fully saturated rings. The van der Waals surface area contributed by atoms with E-state index in [0.717, 1.165) is 11.1 Å². The highest BCUT2D eigenvalue weighted by molar-refractivity contribution is 7.92. The topological polar surface area (TPSA) is 113 Å². The Hall–Kier alpha value is -3.92. The zero-order chi connectivity index (χ0) is 26.0. The molecule has 0 saturated heterocycles. The summed E-state index contributed by atoms with van der Waals surface area (Å²) in [4.78, 5) is 23.8. The molecular weight excluding hydrogens is 487 g/mol. The number of nitrogens with one attached hydrogen (secondary N) is 1. The standard InChI is InChI=1S/C26H25FN2O6S/c1-16-11-17(2)13-21(12-16)36(33,34)29-9-10-35-23-8-7-20(15-22(23)29)25(30)28-24(27)14-18-3-5-19(6-4-18)26(31)32/h3-8,11-13,15,24H,9-10,14H2,1-2H3,(H,28,30)(H,31,32). The highest BCUT2D eigenvalue weighted by Gasteiger charge is 2.31. The van der Waals surface area contributed by atoms with E-state index >= 15 is 0 Å². The predicted octanol–water partition coefficient (Wildman–Crippen LogP) is 3.86. The van der Waals surface area contributed by atoms with Crippen molar-refractivity contribution in [2.45, 2.75) is 31.5 Å². The van der Waals surface area contributed by atoms with Gasteiger partial charge in [-0.1, -0.05) is 18.2 Å². The molecule has 8 nitrogen and oxygen atoms in total. The SMILES string of the molecule is Cc1cc(C)cc(S(=O)(=O)N2CCOc3ccc(C(=O)NC(F)Cc4ccc(C(=O)O)cc4)cc32)c1. The monoisotopic (exact) mass is 512 g/mol. The molecule has 1 unspecified atom stereocenters. The number of carboxylic acid groups (broad SMARTS) is 1. The molecule has 0 spiro atoms. The average molecular weight is 513 g/mol. The first-order valence-corrected chi connectivity index (χ1v) is 12.6. The van der Waals surface area contributed by atoms with Crippen molar-refractivity contribution >= 4 is 27.6 Å². The molecule has 0 aromatic heterocycles. The van der Waals surface area contributed by atoms with Crippen molar-refractivity contribution in [3.05, 3.63) is 88.5 Å². The molecule has 1 aliphatic heterocycles. The van der Waals surface area contributed by atoms with Crippen LogP contribution in [0, 0.1) is 13.8 Å². The van der Waals surface area contributed by atoms with Gasteiger partial charge in [-0.2, -0.15) is 0 Å². The number of ether oxygens (including phenoxy) is 1. The highest BCUT2D eigenvalue weighted by Crippen LogP contribution is 2.36. The minimum atomic E-state index is -3.93. The summed E-state index contributed by atoms with van der Waals surface area (Å²) in [5, 5.41) is 11.2. The van der Waals surface area contributed by atoms with Crippen molar-refractivity contribution in [3.63, 3.8) is 0 Å². The zero-order valence-electron chi connectivity index (χ0n) is 19.7. The summed E-state index contributed by atoms with van der Waals surface area (Å²) in [6, 6.07) is 15.0. The second-order valence-corrected chi connectivity index (χ2v) is 10.4. The molecule has 3 aromatic carbocycles. The second kappa shape index (κ2) is 9.98. The third-order valence-corrected chi connectivity index (χ3v) is 7.52. The van der Waals surface area contributed by atoms with Crippen LogP contribution in [-0.2, 0) is 16.4 Å². The maximum atomic E-state index is 14.6. The number of carbonyl (C=O) groups is 2. The van der Waals surface area contributed by atoms with Gasteiger partial charge in [0, 0.05) is 12.0 Å². The van der Waals surface area contributed by atoms with Gasteiger partial charge in [0.1, 0.15) is 12.4 Å². The Bertz CT molecular complexity index is 1400. The molecule has 0 aliphatic carbocycles. The molecule has 10 heteroatoms. The van der Waals surface area contributed by atoms with Crippen molar-refractivity contribution in [1.82, 2.24) is 5.32 Å². The third-order valence-electron chi connectivity index (χ3n) is 5.73. The van der Waals surface area contributed by atoms with Crippen molar-refractivity contribution in [1.29, 1.82) is 0 Å². The first kappa shape index (κ1) is 25.2. The van der Waals surface area contributed by atoms with Crippen molar-refractivity contribution in [2.75, 3.05) is 17.5 Å². The second-order valence-electron chi connectivity index (χ2n) is 8.58. The Morgan fingerprint density at radius 3 is 2.31 bits per heavy atom. The summed E-state index contributed by atoms with van der Waals surface area (Å²) >= 11 is 0. The van der Waals surface area contributed by atoms with Gasteiger partial charge in [-0.05, 0) is 73.0 Å². The van der Waals surface area contributed by atoms with Gasteiger partial charge in [-0.25, -0.2) is 17.6 Å². The molecule has 2 N–H and O–H groups in total. The van der Waals surface area contributed by atoms with Crippen LogP contribution in [0.15, 0.2) is 65.6 Å². The number of carboxylic acids is 1. The molecule has 0 saturated carbocycles. The number of hydrogen-bond acceptors (Lipinski definition) is 5. The molecule has 1 aliphatic rings. The largest absolute Gasteiger partial charge is 0.489 e. The average Bonchev–Trinajstić information content (AvgIpc) is 2.82. The van der Waals surface area contributed by atoms with Gasteiger partial charge in [0.25, 0.3) is 15.9 Å². The minimum absolute atomic E-state index is 0.0610. The maximum Gasteiger partial charge on any atom is 0.335 e. The van der Waals surface area contributed by atoms with E-state index in [0.29, 0.717) is 11.3 Å². The number of fused-ring (bicyclic) bond motifs is 1. The number of hydrogen-bond donors (Lipinski definition) is 2. The molecule has 188 valence electrons. The smallest absolute Gasteiger partial charge is 0.335 e. The number of aromatic carboxylic acids is 1. The van der Waals surface area contributed by atoms with Crippen LogP contribution in [0.4, 0.5) is 10.1 Å². The lowest BCUT2D eigenvalue weighted by Gasteiger charge is -2.31. The number of nitrogens with zero attached hydrogens (tertiary/aromatic N) is 1. The maximum absolute atomic E-state index is 14.6. The summed E-state index contributed by atoms with van der Waals surface area (Å²) in [6.07, 6.45) is -1.90. The first-order chi connectivity index (χ1) is 17.0. The minimum Gasteiger partial charge on any atom is -0.489 e. The van der Waals surface area contributed by atoms with Crippen molar-refractivity contribution in [2.24, 2.45) is 0 Å². The number of rotatable bonds is 7. The third kappa shape index (κ3) is 5.33. The van der Waals surface area contributed by atoms with E-state index in [9.17, 15) is 22.4 Å². The fraction of sp³-hybridized carbons (Fsp3) is 0.231. The van der Waals surface area contributed by atoms with E-state index in [4.69, 9.17) is 9.84 Å². The summed E-state index contributed by atoms with van der Waals surface area (Å²) in [5.41, 5.74) is 2.48. The van der Waals surface area contributed by atoms with Crippen molar-refractivity contribution in [3.8, 4) is 5.75 Å². The lowest BCUT2D eigenvalue weighted by molar-refractivity contribution is 0.0696. The van der Waals surface area contributed by atoms with Crippen LogP contribution in [0.1, 0.15) is 37.4 Å². The number of sulfonamides is 1. The number of anilines is 1. The van der Waals surface area contributed by atoms with E-state index in [2.05, 4.69) is 5.32 Å². The number of alkyl halides is 1. The molecule has 3 aromatic rings. The Morgan fingerprint density at radius 2 is 1.67 bits per heavy atom. The molecular formula is C26H25FN2O6S. The lowest BCUT2D eigenvalue weighted by Crippen LogP contribution is -2.38. The summed E-state index contributed by atoms with van der Waals surface area (Å²) in [7, 11) is -3.93. The summed E-state index contributed by atoms with van der Waals surface area (Å²) in [5.74, 6) is -1.50. The Kier molecular flexibility index (Phi) is 6.98. The van der Waals surface area contributed by atoms with Gasteiger partial charge in [0.05, 0.1) is 22.7 Å². The highest BCUT2D eigenvalue weighted by atomic mass is 32.2. The fourth-order valence-corrected chi connectivity index (χ4v) is 5.70. The molecule has 4 rings (SSSR count). The van der Waals surface area contributed by atoms with Gasteiger partial charge in [0.2, 0.25) is 0 Å². The quantitative estimate of drug-likeness (QED) is 0.465. The number of carbonyl (C=O) groups excluding carboxylic acids is 1. The van der Waals surface area contributed by atoms with Crippen LogP contribution in [0.25, 0.3) is 0 Å². The van der Waals surface area contributed by atoms with E-state index in [1.54, 1.807) is 12.1 Å². The van der Waals surface area contributed by atoms with E-state index in [1.165, 1.54) is 46.8 Å². The van der Waals surface area contributed by atoms with Crippen molar-refractivity contribution < 1.29 is 32.2 Å². The van der Waals surface area contributed by atoms with Crippen LogP contribution in [0.5, 0.6) is 5.75 Å². The van der Waals surface area contributed by atoms with Gasteiger partial charge in [0.15, 0.2) is 6.30 Å². The summed E-state index contributed by atoms with van der Waals surface area (Å²) in [6.45, 7) is 3.84. The Labute approximate surface area is 208 Å². The van der Waals surface area contributed by atoms with Gasteiger partial charge >= 0.3 is 5.97 Å². The van der Waals surface area contributed by atoms with Crippen LogP contribution < -0.4 is 14.4 Å². The normalized spacial score (nSPS) is 13.9. The first-order valence-electron chi connectivity index (χ1n) is 11.2. The number of aryl methyl sites for hydroxylation is 2. The van der Waals surface area contributed by atoms with E-state index in [1.807, 2.05) is 19.9 Å². The zero-order valence-corrected chi connectivity index (χ0v) is 20.5. The van der Waals surface area contributed by atoms with E-state index < -0.39 is 28.2 Å². The Balaban J connectivity index is 1.54. The van der Waals surface area contributed by atoms with Crippen LogP contribution >= 0.6 is 0 Å². The molecule has 1 atom stereocenters. The molecule has 1 heterocycles. The Morgan fingerprint density at radius 1 is 1.03 bits per heavy atom. The number of amides is 1. The molecule has 36 heavy (non-hydrogen) atoms. The van der Waals surface area contributed by atoms with Crippen LogP contribution in [0.3, 0.4) is 0 Å². The number of benzene rings is 3. The van der Waals surface area contributed by atoms with Gasteiger partial charge < -0.3 is 15.2 Å². The lowest BCUT2D eigenvalue weighted by atomic mass is 10.1. The van der Waals surface area contributed by atoms with Crippen LogP contribution in [-0.4, -0.2) is 44.8 Å². The molecule has 1 amide bonds. The predicted molar refractivity (Wildman–Crippen MR) is 132 cm³/mol. The molecule has 0 radical (unpaired) electrons. The molecule has 0 bridgehead atoms.